The first-order valence-corrected chi connectivity index (χ1v) is 15.3. The summed E-state index contributed by atoms with van der Waals surface area (Å²) in [5.41, 5.74) is -0.599. The van der Waals surface area contributed by atoms with Crippen LogP contribution in [0.25, 0.3) is 0 Å². The van der Waals surface area contributed by atoms with Crippen molar-refractivity contribution in [3.8, 4) is 11.8 Å². The van der Waals surface area contributed by atoms with E-state index in [1.165, 1.54) is 11.8 Å². The van der Waals surface area contributed by atoms with Crippen molar-refractivity contribution in [2.45, 2.75) is 55.6 Å². The van der Waals surface area contributed by atoms with E-state index in [1.54, 1.807) is 12.1 Å². The Balaban J connectivity index is 1.45. The van der Waals surface area contributed by atoms with Crippen LogP contribution >= 0.6 is 27.7 Å². The Labute approximate surface area is 256 Å². The lowest BCUT2D eigenvalue weighted by Gasteiger charge is -2.30. The molecule has 0 saturated heterocycles. The van der Waals surface area contributed by atoms with Gasteiger partial charge >= 0.3 is 6.18 Å². The van der Waals surface area contributed by atoms with E-state index < -0.39 is 76.5 Å². The molecular formula is C29H26BrF7N4OS. The number of benzene rings is 1. The zero-order chi connectivity index (χ0) is 31.5. The van der Waals surface area contributed by atoms with Gasteiger partial charge in [-0.3, -0.25) is 9.80 Å². The van der Waals surface area contributed by atoms with Crippen LogP contribution in [0.1, 0.15) is 43.3 Å². The molecule has 5 unspecified atom stereocenters. The SMILES string of the molecule is CSC(C)(C)C#Cc1ccc(Br)c(C(Cc2cc(F)cc(F)c2)NC(=O)CN2N=C(C(F)(F)F)C3C4CC4C(F)(F)C32)n1. The fraction of sp³-hybridized carbons (Fsp3) is 0.483. The number of rotatable bonds is 7. The first-order chi connectivity index (χ1) is 20.0. The number of hydrogen-bond donors (Lipinski definition) is 1. The molecule has 2 fully saturated rings. The Morgan fingerprint density at radius 3 is 2.51 bits per heavy atom. The molecule has 5 atom stereocenters. The number of halogens is 8. The molecule has 43 heavy (non-hydrogen) atoms. The first-order valence-electron chi connectivity index (χ1n) is 13.3. The van der Waals surface area contributed by atoms with Gasteiger partial charge in [-0.05, 0) is 90.5 Å². The molecule has 2 aliphatic carbocycles. The van der Waals surface area contributed by atoms with Gasteiger partial charge in [0, 0.05) is 22.4 Å². The second kappa shape index (κ2) is 11.3. The van der Waals surface area contributed by atoms with E-state index in [0.29, 0.717) is 21.2 Å². The molecule has 0 bridgehead atoms. The van der Waals surface area contributed by atoms with Crippen molar-refractivity contribution in [3.63, 3.8) is 0 Å². The lowest BCUT2D eigenvalue weighted by atomic mass is 9.92. The maximum Gasteiger partial charge on any atom is 0.431 e. The van der Waals surface area contributed by atoms with Gasteiger partial charge in [0.15, 0.2) is 0 Å². The van der Waals surface area contributed by atoms with E-state index in [2.05, 4.69) is 43.2 Å². The first kappa shape index (κ1) is 31.6. The van der Waals surface area contributed by atoms with Crippen molar-refractivity contribution in [3.05, 3.63) is 63.4 Å². The number of alkyl halides is 5. The molecule has 1 aliphatic heterocycles. The predicted molar refractivity (Wildman–Crippen MR) is 151 cm³/mol. The number of nitrogens with zero attached hydrogens (tertiary/aromatic N) is 3. The molecule has 0 radical (unpaired) electrons. The highest BCUT2D eigenvalue weighted by molar-refractivity contribution is 9.10. The van der Waals surface area contributed by atoms with Gasteiger partial charge in [0.05, 0.1) is 16.5 Å². The summed E-state index contributed by atoms with van der Waals surface area (Å²) >= 11 is 4.90. The number of carbonyl (C=O) groups excluding carboxylic acids is 1. The smallest absolute Gasteiger partial charge is 0.346 e. The fourth-order valence-corrected chi connectivity index (χ4v) is 6.39. The lowest BCUT2D eigenvalue weighted by Crippen LogP contribution is -2.49. The van der Waals surface area contributed by atoms with Crippen molar-refractivity contribution in [1.82, 2.24) is 15.3 Å². The molecule has 3 aliphatic rings. The number of hydrazone groups is 1. The molecule has 230 valence electrons. The van der Waals surface area contributed by atoms with Crippen LogP contribution in [0.2, 0.25) is 0 Å². The third-order valence-corrected chi connectivity index (χ3v) is 9.69. The van der Waals surface area contributed by atoms with Crippen LogP contribution in [-0.2, 0) is 11.2 Å². The number of hydrogen-bond acceptors (Lipinski definition) is 5. The van der Waals surface area contributed by atoms with Gasteiger partial charge in [-0.1, -0.05) is 5.92 Å². The summed E-state index contributed by atoms with van der Waals surface area (Å²) in [6.07, 6.45) is -3.23. The number of fused-ring (bicyclic) bond motifs is 3. The van der Waals surface area contributed by atoms with E-state index >= 15 is 8.78 Å². The van der Waals surface area contributed by atoms with Gasteiger partial charge in [-0.15, -0.1) is 11.8 Å². The van der Waals surface area contributed by atoms with Crippen LogP contribution in [0.5, 0.6) is 0 Å². The summed E-state index contributed by atoms with van der Waals surface area (Å²) in [6.45, 7) is 2.95. The molecule has 0 spiro atoms. The Morgan fingerprint density at radius 2 is 1.88 bits per heavy atom. The number of nitrogens with one attached hydrogen (secondary N) is 1. The van der Waals surface area contributed by atoms with Gasteiger partial charge in [-0.2, -0.15) is 18.3 Å². The summed E-state index contributed by atoms with van der Waals surface area (Å²) in [5, 5.41) is 6.62. The van der Waals surface area contributed by atoms with E-state index in [9.17, 15) is 26.7 Å². The number of thioether (sulfide) groups is 1. The number of carbonyl (C=O) groups is 1. The van der Waals surface area contributed by atoms with Crippen LogP contribution in [-0.4, -0.2) is 57.3 Å². The molecule has 1 amide bonds. The highest BCUT2D eigenvalue weighted by Crippen LogP contribution is 2.66. The Bertz CT molecular complexity index is 1520. The van der Waals surface area contributed by atoms with E-state index in [1.807, 2.05) is 20.1 Å². The van der Waals surface area contributed by atoms with Crippen molar-refractivity contribution >= 4 is 39.3 Å². The van der Waals surface area contributed by atoms with Gasteiger partial charge in [0.1, 0.15) is 35.6 Å². The van der Waals surface area contributed by atoms with Crippen molar-refractivity contribution in [2.75, 3.05) is 12.8 Å². The largest absolute Gasteiger partial charge is 0.431 e. The molecule has 2 aromatic rings. The molecule has 2 heterocycles. The quantitative estimate of drug-likeness (QED) is 0.266. The van der Waals surface area contributed by atoms with Crippen molar-refractivity contribution in [1.29, 1.82) is 0 Å². The molecule has 1 aromatic heterocycles. The standard InChI is InChI=1S/C29H26BrF7N4OS/c1-27(2,43-3)7-6-17-4-5-20(30)24(38-17)21(10-14-8-15(31)11-16(32)9-14)39-22(42)13-41-26-23(25(40-41)29(35,36)37)18-12-19(18)28(26,33)34/h4-5,8-9,11,18-19,21,23,26H,10,12-13H2,1-3H3,(H,39,42). The molecule has 5 rings (SSSR count). The molecule has 2 saturated carbocycles. The summed E-state index contributed by atoms with van der Waals surface area (Å²) in [6, 6.07) is 3.11. The molecule has 5 nitrogen and oxygen atoms in total. The maximum atomic E-state index is 15.1. The third kappa shape index (κ3) is 6.53. The van der Waals surface area contributed by atoms with Gasteiger partial charge in [0.25, 0.3) is 5.92 Å². The molecule has 14 heteroatoms. The van der Waals surface area contributed by atoms with Gasteiger partial charge in [0.2, 0.25) is 5.91 Å². The number of amides is 1. The lowest BCUT2D eigenvalue weighted by molar-refractivity contribution is -0.127. The number of pyridine rings is 1. The average Bonchev–Trinajstić information content (AvgIpc) is 3.55. The maximum absolute atomic E-state index is 15.1. The zero-order valence-corrected chi connectivity index (χ0v) is 25.5. The van der Waals surface area contributed by atoms with Crippen LogP contribution in [0.4, 0.5) is 30.7 Å². The fourth-order valence-electron chi connectivity index (χ4n) is 5.74. The number of aromatic nitrogens is 1. The van der Waals surface area contributed by atoms with Crippen LogP contribution in [0.15, 0.2) is 39.9 Å². The van der Waals surface area contributed by atoms with Crippen molar-refractivity contribution < 1.29 is 35.5 Å². The minimum atomic E-state index is -4.92. The van der Waals surface area contributed by atoms with E-state index in [4.69, 9.17) is 0 Å². The minimum Gasteiger partial charge on any atom is -0.346 e. The second-order valence-electron chi connectivity index (χ2n) is 11.4. The zero-order valence-electron chi connectivity index (χ0n) is 23.1. The monoisotopic (exact) mass is 690 g/mol. The summed E-state index contributed by atoms with van der Waals surface area (Å²) in [7, 11) is 0. The van der Waals surface area contributed by atoms with E-state index in [0.717, 1.165) is 12.1 Å². The molecular weight excluding hydrogens is 665 g/mol. The van der Waals surface area contributed by atoms with E-state index in [-0.39, 0.29) is 24.1 Å². The Hall–Kier alpha value is -2.79. The van der Waals surface area contributed by atoms with Gasteiger partial charge in [-0.25, -0.2) is 22.5 Å². The summed E-state index contributed by atoms with van der Waals surface area (Å²) in [5.74, 6) is -3.58. The minimum absolute atomic E-state index is 0.0252. The third-order valence-electron chi connectivity index (χ3n) is 7.90. The summed E-state index contributed by atoms with van der Waals surface area (Å²) in [4.78, 5) is 17.8. The normalized spacial score (nSPS) is 24.4. The topological polar surface area (TPSA) is 57.6 Å². The summed E-state index contributed by atoms with van der Waals surface area (Å²) < 4.78 is 99.4. The highest BCUT2D eigenvalue weighted by atomic mass is 79.9. The van der Waals surface area contributed by atoms with Crippen LogP contribution in [0.3, 0.4) is 0 Å². The second-order valence-corrected chi connectivity index (χ2v) is 13.6. The van der Waals surface area contributed by atoms with Gasteiger partial charge < -0.3 is 5.32 Å². The molecule has 1 N–H and O–H groups in total. The Kier molecular flexibility index (Phi) is 8.30. The predicted octanol–water partition coefficient (Wildman–Crippen LogP) is 6.52. The molecule has 1 aromatic carbocycles. The van der Waals surface area contributed by atoms with Crippen LogP contribution < -0.4 is 5.32 Å². The highest BCUT2D eigenvalue weighted by Gasteiger charge is 2.76. The van der Waals surface area contributed by atoms with Crippen molar-refractivity contribution in [2.24, 2.45) is 22.9 Å². The average molecular weight is 692 g/mol. The van der Waals surface area contributed by atoms with Crippen LogP contribution in [0, 0.1) is 41.2 Å². The Morgan fingerprint density at radius 1 is 1.21 bits per heavy atom.